The molecular weight excluding hydrogens is 256 g/mol. The summed E-state index contributed by atoms with van der Waals surface area (Å²) < 4.78 is 0. The van der Waals surface area contributed by atoms with E-state index in [1.54, 1.807) is 13.8 Å². The number of benzene rings is 1. The number of nitrogens with one attached hydrogen (secondary N) is 2. The van der Waals surface area contributed by atoms with E-state index < -0.39 is 11.4 Å². The predicted octanol–water partition coefficient (Wildman–Crippen LogP) is 1.50. The summed E-state index contributed by atoms with van der Waals surface area (Å²) >= 11 is 0. The third kappa shape index (κ3) is 3.10. The molecule has 1 aromatic carbocycles. The van der Waals surface area contributed by atoms with Crippen LogP contribution in [0.15, 0.2) is 24.3 Å². The number of amides is 1. The lowest BCUT2D eigenvalue weighted by molar-refractivity contribution is -0.146. The summed E-state index contributed by atoms with van der Waals surface area (Å²) in [6, 6.07) is 7.91. The summed E-state index contributed by atoms with van der Waals surface area (Å²) in [7, 11) is 0. The molecular formula is C15H20N2O3. The first-order valence-corrected chi connectivity index (χ1v) is 6.73. The molecule has 20 heavy (non-hydrogen) atoms. The molecule has 1 atom stereocenters. The minimum Gasteiger partial charge on any atom is -0.481 e. The van der Waals surface area contributed by atoms with Crippen LogP contribution < -0.4 is 10.6 Å². The van der Waals surface area contributed by atoms with Gasteiger partial charge in [0.15, 0.2) is 0 Å². The van der Waals surface area contributed by atoms with E-state index in [0.717, 1.165) is 11.3 Å². The molecule has 1 heterocycles. The minimum absolute atomic E-state index is 0.0960. The second-order valence-electron chi connectivity index (χ2n) is 5.85. The molecule has 0 bridgehead atoms. The number of carbonyl (C=O) groups is 2. The van der Waals surface area contributed by atoms with Crippen molar-refractivity contribution in [2.45, 2.75) is 20.3 Å². The molecule has 1 aliphatic heterocycles. The summed E-state index contributed by atoms with van der Waals surface area (Å²) in [6.07, 6.45) is 0.683. The first-order chi connectivity index (χ1) is 9.40. The van der Waals surface area contributed by atoms with E-state index in [4.69, 9.17) is 5.11 Å². The molecule has 5 nitrogen and oxygen atoms in total. The van der Waals surface area contributed by atoms with Gasteiger partial charge in [-0.15, -0.1) is 0 Å². The van der Waals surface area contributed by atoms with Gasteiger partial charge in [-0.2, -0.15) is 0 Å². The maximum atomic E-state index is 12.1. The third-order valence-electron chi connectivity index (χ3n) is 3.68. The molecule has 1 aromatic rings. The molecule has 2 rings (SSSR count). The maximum absolute atomic E-state index is 12.1. The lowest BCUT2D eigenvalue weighted by Gasteiger charge is -2.27. The van der Waals surface area contributed by atoms with Crippen molar-refractivity contribution in [2.75, 3.05) is 18.4 Å². The molecule has 0 aliphatic carbocycles. The Morgan fingerprint density at radius 2 is 2.10 bits per heavy atom. The second-order valence-corrected chi connectivity index (χ2v) is 5.85. The highest BCUT2D eigenvalue weighted by atomic mass is 16.4. The van der Waals surface area contributed by atoms with Gasteiger partial charge in [0.25, 0.3) is 0 Å². The number of rotatable bonds is 4. The van der Waals surface area contributed by atoms with Crippen molar-refractivity contribution >= 4 is 17.6 Å². The number of carbonyl (C=O) groups excluding carboxylic acids is 1. The molecule has 5 heteroatoms. The highest BCUT2D eigenvalue weighted by Gasteiger charge is 2.30. The monoisotopic (exact) mass is 276 g/mol. The van der Waals surface area contributed by atoms with Crippen LogP contribution >= 0.6 is 0 Å². The zero-order valence-corrected chi connectivity index (χ0v) is 11.8. The molecule has 1 unspecified atom stereocenters. The van der Waals surface area contributed by atoms with Gasteiger partial charge in [0, 0.05) is 18.8 Å². The maximum Gasteiger partial charge on any atom is 0.310 e. The Kier molecular flexibility index (Phi) is 3.97. The fourth-order valence-corrected chi connectivity index (χ4v) is 2.15. The molecule has 1 aliphatic rings. The number of carboxylic acid groups (broad SMARTS) is 1. The Hall–Kier alpha value is -2.04. The van der Waals surface area contributed by atoms with Crippen LogP contribution in [0.4, 0.5) is 5.69 Å². The average Bonchev–Trinajstić information content (AvgIpc) is 2.44. The molecule has 0 saturated heterocycles. The largest absolute Gasteiger partial charge is 0.481 e. The molecule has 0 spiro atoms. The van der Waals surface area contributed by atoms with Crippen LogP contribution in [-0.2, 0) is 16.0 Å². The van der Waals surface area contributed by atoms with Crippen molar-refractivity contribution < 1.29 is 14.7 Å². The molecule has 0 aromatic heterocycles. The Balaban J connectivity index is 1.94. The highest BCUT2D eigenvalue weighted by molar-refractivity contribution is 5.82. The van der Waals surface area contributed by atoms with Crippen molar-refractivity contribution in [1.82, 2.24) is 5.32 Å². The van der Waals surface area contributed by atoms with E-state index in [2.05, 4.69) is 10.6 Å². The van der Waals surface area contributed by atoms with Crippen molar-refractivity contribution in [1.29, 1.82) is 0 Å². The number of anilines is 1. The van der Waals surface area contributed by atoms with Gasteiger partial charge < -0.3 is 15.7 Å². The summed E-state index contributed by atoms with van der Waals surface area (Å²) in [5.74, 6) is -1.17. The van der Waals surface area contributed by atoms with Crippen LogP contribution in [0.3, 0.4) is 0 Å². The molecule has 3 N–H and O–H groups in total. The van der Waals surface area contributed by atoms with Gasteiger partial charge >= 0.3 is 5.97 Å². The van der Waals surface area contributed by atoms with E-state index in [1.807, 2.05) is 24.3 Å². The van der Waals surface area contributed by atoms with Crippen molar-refractivity contribution in [3.63, 3.8) is 0 Å². The van der Waals surface area contributed by atoms with Gasteiger partial charge in [0.1, 0.15) is 0 Å². The Morgan fingerprint density at radius 1 is 1.40 bits per heavy atom. The highest BCUT2D eigenvalue weighted by Crippen LogP contribution is 2.24. The van der Waals surface area contributed by atoms with Crippen LogP contribution in [0.25, 0.3) is 0 Å². The smallest absolute Gasteiger partial charge is 0.310 e. The molecule has 108 valence electrons. The predicted molar refractivity (Wildman–Crippen MR) is 76.6 cm³/mol. The Labute approximate surface area is 118 Å². The fraction of sp³-hybridized carbons (Fsp3) is 0.467. The zero-order valence-electron chi connectivity index (χ0n) is 11.8. The lowest BCUT2D eigenvalue weighted by Crippen LogP contribution is -2.44. The summed E-state index contributed by atoms with van der Waals surface area (Å²) in [4.78, 5) is 23.1. The number of carboxylic acids is 1. The SMILES string of the molecule is CC(C)(CNC(=O)C1CNc2ccccc2C1)C(=O)O. The van der Waals surface area contributed by atoms with E-state index in [1.165, 1.54) is 0 Å². The normalized spacial score (nSPS) is 17.8. The molecule has 0 fully saturated rings. The number of para-hydroxylation sites is 1. The van der Waals surface area contributed by atoms with Gasteiger partial charge in [-0.1, -0.05) is 18.2 Å². The summed E-state index contributed by atoms with van der Waals surface area (Å²) in [6.45, 7) is 3.92. The Bertz CT molecular complexity index is 526. The van der Waals surface area contributed by atoms with E-state index in [9.17, 15) is 9.59 Å². The van der Waals surface area contributed by atoms with Gasteiger partial charge in [-0.05, 0) is 31.9 Å². The lowest BCUT2D eigenvalue weighted by atomic mass is 9.91. The first-order valence-electron chi connectivity index (χ1n) is 6.73. The van der Waals surface area contributed by atoms with Gasteiger partial charge in [0.05, 0.1) is 11.3 Å². The summed E-state index contributed by atoms with van der Waals surface area (Å²) in [5, 5.41) is 15.0. The third-order valence-corrected chi connectivity index (χ3v) is 3.68. The van der Waals surface area contributed by atoms with Gasteiger partial charge in [0.2, 0.25) is 5.91 Å². The number of fused-ring (bicyclic) bond motifs is 1. The van der Waals surface area contributed by atoms with Crippen molar-refractivity contribution in [3.05, 3.63) is 29.8 Å². The first kappa shape index (κ1) is 14.4. The van der Waals surface area contributed by atoms with Crippen LogP contribution in [0.5, 0.6) is 0 Å². The standard InChI is InChI=1S/C15H20N2O3/c1-15(2,14(19)20)9-17-13(18)11-7-10-5-3-4-6-12(10)16-8-11/h3-6,11,16H,7-9H2,1-2H3,(H,17,18)(H,19,20). The fourth-order valence-electron chi connectivity index (χ4n) is 2.15. The second kappa shape index (κ2) is 5.53. The molecule has 1 amide bonds. The van der Waals surface area contributed by atoms with Crippen molar-refractivity contribution in [2.24, 2.45) is 11.3 Å². The zero-order chi connectivity index (χ0) is 14.8. The average molecular weight is 276 g/mol. The van der Waals surface area contributed by atoms with E-state index in [-0.39, 0.29) is 18.4 Å². The minimum atomic E-state index is -0.949. The topological polar surface area (TPSA) is 78.4 Å². The van der Waals surface area contributed by atoms with Crippen molar-refractivity contribution in [3.8, 4) is 0 Å². The Morgan fingerprint density at radius 3 is 2.80 bits per heavy atom. The molecule has 0 saturated carbocycles. The van der Waals surface area contributed by atoms with E-state index >= 15 is 0 Å². The van der Waals surface area contributed by atoms with Gasteiger partial charge in [-0.25, -0.2) is 0 Å². The number of aliphatic carboxylic acids is 1. The van der Waals surface area contributed by atoms with Crippen LogP contribution in [0.1, 0.15) is 19.4 Å². The number of hydrogen-bond acceptors (Lipinski definition) is 3. The van der Waals surface area contributed by atoms with Crippen LogP contribution in [0, 0.1) is 11.3 Å². The molecule has 0 radical (unpaired) electrons. The quantitative estimate of drug-likeness (QED) is 0.778. The van der Waals surface area contributed by atoms with E-state index in [0.29, 0.717) is 13.0 Å². The van der Waals surface area contributed by atoms with Gasteiger partial charge in [-0.3, -0.25) is 9.59 Å². The van der Waals surface area contributed by atoms with Crippen LogP contribution in [0.2, 0.25) is 0 Å². The summed E-state index contributed by atoms with van der Waals surface area (Å²) in [5.41, 5.74) is 1.24. The van der Waals surface area contributed by atoms with Crippen LogP contribution in [-0.4, -0.2) is 30.1 Å². The number of hydrogen-bond donors (Lipinski definition) is 3.